The van der Waals surface area contributed by atoms with Gasteiger partial charge in [-0.15, -0.1) is 36.2 Å². The number of hydrogen-bond acceptors (Lipinski definition) is 4. The molecule has 1 aromatic carbocycles. The first-order chi connectivity index (χ1) is 10.7. The number of carbonyl (C=O) groups excluding carboxylic acids is 1. The Morgan fingerprint density at radius 2 is 2.08 bits per heavy atom. The summed E-state index contributed by atoms with van der Waals surface area (Å²) in [5.41, 5.74) is 2.15. The maximum atomic E-state index is 12.3. The Hall–Kier alpha value is -1.14. The molecule has 132 valence electrons. The minimum atomic E-state index is 0. The molecule has 1 aromatic heterocycles. The van der Waals surface area contributed by atoms with Crippen LogP contribution in [0.2, 0.25) is 0 Å². The van der Waals surface area contributed by atoms with Gasteiger partial charge in [-0.05, 0) is 12.5 Å². The zero-order valence-corrected chi connectivity index (χ0v) is 16.1. The van der Waals surface area contributed by atoms with Crippen molar-refractivity contribution in [3.05, 3.63) is 52.0 Å². The summed E-state index contributed by atoms with van der Waals surface area (Å²) in [6.45, 7) is 4.58. The number of carbonyl (C=O) groups is 1. The molecule has 1 N–H and O–H groups in total. The fourth-order valence-corrected chi connectivity index (χ4v) is 3.54. The number of nitrogens with zero attached hydrogens (tertiary/aromatic N) is 2. The van der Waals surface area contributed by atoms with Gasteiger partial charge in [0, 0.05) is 37.5 Å². The first-order valence-corrected chi connectivity index (χ1v) is 8.57. The normalized spacial score (nSPS) is 16.9. The number of benzene rings is 1. The summed E-state index contributed by atoms with van der Waals surface area (Å²) < 4.78 is 0. The van der Waals surface area contributed by atoms with Crippen molar-refractivity contribution in [2.75, 3.05) is 19.6 Å². The highest BCUT2D eigenvalue weighted by Gasteiger charge is 2.21. The van der Waals surface area contributed by atoms with Crippen molar-refractivity contribution in [2.24, 2.45) is 0 Å². The van der Waals surface area contributed by atoms with E-state index in [1.807, 2.05) is 28.5 Å². The molecule has 2 aromatic rings. The van der Waals surface area contributed by atoms with Crippen molar-refractivity contribution in [2.45, 2.75) is 25.8 Å². The molecule has 4 nitrogen and oxygen atoms in total. The maximum absolute atomic E-state index is 12.3. The highest BCUT2D eigenvalue weighted by atomic mass is 35.5. The zero-order valence-electron chi connectivity index (χ0n) is 13.6. The molecular formula is C17H23Cl2N3OS. The van der Waals surface area contributed by atoms with Gasteiger partial charge in [0.05, 0.1) is 17.1 Å². The summed E-state index contributed by atoms with van der Waals surface area (Å²) in [6.07, 6.45) is 1.25. The van der Waals surface area contributed by atoms with Crippen LogP contribution in [0.15, 0.2) is 35.7 Å². The van der Waals surface area contributed by atoms with E-state index in [1.165, 1.54) is 5.56 Å². The Labute approximate surface area is 159 Å². The number of aromatic nitrogens is 1. The van der Waals surface area contributed by atoms with Crippen molar-refractivity contribution in [3.8, 4) is 0 Å². The second-order valence-corrected chi connectivity index (χ2v) is 6.71. The van der Waals surface area contributed by atoms with Crippen LogP contribution in [0.1, 0.15) is 23.2 Å². The van der Waals surface area contributed by atoms with Crippen LogP contribution < -0.4 is 5.32 Å². The molecule has 1 fully saturated rings. The molecule has 1 atom stereocenters. The second kappa shape index (κ2) is 9.99. The van der Waals surface area contributed by atoms with Crippen LogP contribution in [-0.4, -0.2) is 41.5 Å². The third-order valence-electron chi connectivity index (χ3n) is 3.85. The molecule has 3 rings (SSSR count). The van der Waals surface area contributed by atoms with Crippen LogP contribution in [0.4, 0.5) is 0 Å². The fraction of sp³-hybridized carbons (Fsp3) is 0.412. The molecule has 1 aliphatic heterocycles. The third-order valence-corrected chi connectivity index (χ3v) is 4.75. The quantitative estimate of drug-likeness (QED) is 0.876. The van der Waals surface area contributed by atoms with E-state index in [0.717, 1.165) is 36.8 Å². The summed E-state index contributed by atoms with van der Waals surface area (Å²) in [5.74, 6) is 0.185. The van der Waals surface area contributed by atoms with Gasteiger partial charge in [0.15, 0.2) is 0 Å². The first kappa shape index (κ1) is 20.9. The van der Waals surface area contributed by atoms with Crippen molar-refractivity contribution >= 4 is 42.1 Å². The predicted molar refractivity (Wildman–Crippen MR) is 104 cm³/mol. The number of thiazole rings is 1. The lowest BCUT2D eigenvalue weighted by molar-refractivity contribution is -0.131. The average molecular weight is 388 g/mol. The Morgan fingerprint density at radius 3 is 2.79 bits per heavy atom. The molecular weight excluding hydrogens is 365 g/mol. The molecule has 1 unspecified atom stereocenters. The van der Waals surface area contributed by atoms with E-state index >= 15 is 0 Å². The molecule has 1 aliphatic rings. The van der Waals surface area contributed by atoms with Crippen LogP contribution >= 0.6 is 36.2 Å². The monoisotopic (exact) mass is 387 g/mol. The standard InChI is InChI=1S/C17H21N3OS.2ClH/c1-13-11-20(8-7-18-13)17(21)10-15-12-22-16(19-15)9-14-5-3-2-4-6-14;;/h2-6,12-13,18H,7-11H2,1H3;2*1H. The number of amides is 1. The first-order valence-electron chi connectivity index (χ1n) is 7.69. The van der Waals surface area contributed by atoms with Gasteiger partial charge >= 0.3 is 0 Å². The lowest BCUT2D eigenvalue weighted by Crippen LogP contribution is -2.51. The Kier molecular flexibility index (Phi) is 8.70. The molecule has 7 heteroatoms. The van der Waals surface area contributed by atoms with Crippen LogP contribution in [0.5, 0.6) is 0 Å². The minimum Gasteiger partial charge on any atom is -0.340 e. The molecule has 2 heterocycles. The van der Waals surface area contributed by atoms with Gasteiger partial charge < -0.3 is 10.2 Å². The second-order valence-electron chi connectivity index (χ2n) is 5.77. The maximum Gasteiger partial charge on any atom is 0.228 e. The lowest BCUT2D eigenvalue weighted by atomic mass is 10.2. The lowest BCUT2D eigenvalue weighted by Gasteiger charge is -2.31. The van der Waals surface area contributed by atoms with E-state index < -0.39 is 0 Å². The van der Waals surface area contributed by atoms with E-state index in [4.69, 9.17) is 0 Å². The fourth-order valence-electron chi connectivity index (χ4n) is 2.71. The summed E-state index contributed by atoms with van der Waals surface area (Å²) in [5, 5.41) is 6.44. The topological polar surface area (TPSA) is 45.2 Å². The van der Waals surface area contributed by atoms with Crippen LogP contribution in [0.25, 0.3) is 0 Å². The van der Waals surface area contributed by atoms with E-state index in [0.29, 0.717) is 12.5 Å². The number of halogens is 2. The highest BCUT2D eigenvalue weighted by Crippen LogP contribution is 2.16. The Morgan fingerprint density at radius 1 is 1.33 bits per heavy atom. The third kappa shape index (κ3) is 5.74. The van der Waals surface area contributed by atoms with Gasteiger partial charge in [0.1, 0.15) is 0 Å². The summed E-state index contributed by atoms with van der Waals surface area (Å²) in [7, 11) is 0. The number of hydrogen-bond donors (Lipinski definition) is 1. The van der Waals surface area contributed by atoms with Crippen LogP contribution in [0, 0.1) is 0 Å². The Bertz CT molecular complexity index is 636. The molecule has 1 amide bonds. The van der Waals surface area contributed by atoms with Crippen molar-refractivity contribution in [3.63, 3.8) is 0 Å². The number of nitrogens with one attached hydrogen (secondary N) is 1. The zero-order chi connectivity index (χ0) is 15.4. The van der Waals surface area contributed by atoms with Gasteiger partial charge in [-0.2, -0.15) is 0 Å². The average Bonchev–Trinajstić information content (AvgIpc) is 2.95. The molecule has 0 saturated carbocycles. The smallest absolute Gasteiger partial charge is 0.228 e. The van der Waals surface area contributed by atoms with E-state index in [9.17, 15) is 4.79 Å². The van der Waals surface area contributed by atoms with Crippen LogP contribution in [0.3, 0.4) is 0 Å². The largest absolute Gasteiger partial charge is 0.340 e. The molecule has 0 radical (unpaired) electrons. The van der Waals surface area contributed by atoms with Crippen molar-refractivity contribution < 1.29 is 4.79 Å². The van der Waals surface area contributed by atoms with Gasteiger partial charge in [-0.1, -0.05) is 30.3 Å². The van der Waals surface area contributed by atoms with E-state index in [2.05, 4.69) is 29.4 Å². The summed E-state index contributed by atoms with van der Waals surface area (Å²) in [4.78, 5) is 18.9. The van der Waals surface area contributed by atoms with E-state index in [1.54, 1.807) is 11.3 Å². The van der Waals surface area contributed by atoms with Crippen LogP contribution in [-0.2, 0) is 17.6 Å². The van der Waals surface area contributed by atoms with Crippen molar-refractivity contribution in [1.82, 2.24) is 15.2 Å². The van der Waals surface area contributed by atoms with Crippen molar-refractivity contribution in [1.29, 1.82) is 0 Å². The molecule has 1 saturated heterocycles. The molecule has 0 bridgehead atoms. The minimum absolute atomic E-state index is 0. The van der Waals surface area contributed by atoms with Gasteiger partial charge in [-0.25, -0.2) is 4.98 Å². The molecule has 24 heavy (non-hydrogen) atoms. The Balaban J connectivity index is 0.00000144. The van der Waals surface area contributed by atoms with Gasteiger partial charge in [0.25, 0.3) is 0 Å². The molecule has 0 aliphatic carbocycles. The number of piperazine rings is 1. The summed E-state index contributed by atoms with van der Waals surface area (Å²) >= 11 is 1.64. The van der Waals surface area contributed by atoms with Gasteiger partial charge in [-0.3, -0.25) is 4.79 Å². The predicted octanol–water partition coefficient (Wildman–Crippen LogP) is 2.94. The van der Waals surface area contributed by atoms with Gasteiger partial charge in [0.2, 0.25) is 5.91 Å². The SMILES string of the molecule is CC1CN(C(=O)Cc2csc(Cc3ccccc3)n2)CCN1.Cl.Cl. The molecule has 0 spiro atoms. The number of rotatable bonds is 4. The van der Waals surface area contributed by atoms with E-state index in [-0.39, 0.29) is 30.7 Å². The summed E-state index contributed by atoms with van der Waals surface area (Å²) in [6, 6.07) is 10.7. The highest BCUT2D eigenvalue weighted by molar-refractivity contribution is 7.09.